The topological polar surface area (TPSA) is 77.2 Å². The molecule has 0 radical (unpaired) electrons. The van der Waals surface area contributed by atoms with Crippen molar-refractivity contribution in [2.75, 3.05) is 20.2 Å². The van der Waals surface area contributed by atoms with Crippen LogP contribution in [0.2, 0.25) is 0 Å². The number of rotatable bonds is 5. The highest BCUT2D eigenvalue weighted by molar-refractivity contribution is 5.74. The summed E-state index contributed by atoms with van der Waals surface area (Å²) in [7, 11) is 1.64. The lowest BCUT2D eigenvalue weighted by Gasteiger charge is -2.18. The molecule has 1 atom stereocenters. The van der Waals surface area contributed by atoms with E-state index < -0.39 is 0 Å². The third-order valence-corrected chi connectivity index (χ3v) is 5.24. The van der Waals surface area contributed by atoms with Gasteiger partial charge >= 0.3 is 6.03 Å². The van der Waals surface area contributed by atoms with Gasteiger partial charge in [0, 0.05) is 43.2 Å². The van der Waals surface area contributed by atoms with Crippen molar-refractivity contribution in [3.05, 3.63) is 59.7 Å². The Morgan fingerprint density at radius 1 is 1.31 bits per heavy atom. The number of nitrogens with one attached hydrogen (secondary N) is 1. The number of nitrogens with zero attached hydrogens (tertiary/aromatic N) is 5. The zero-order chi connectivity index (χ0) is 20.4. The normalized spacial score (nSPS) is 16.2. The summed E-state index contributed by atoms with van der Waals surface area (Å²) in [5.41, 5.74) is 4.00. The Labute approximate surface area is 170 Å². The molecule has 1 unspecified atom stereocenters. The van der Waals surface area contributed by atoms with Crippen LogP contribution >= 0.6 is 0 Å². The van der Waals surface area contributed by atoms with E-state index in [9.17, 15) is 4.79 Å². The van der Waals surface area contributed by atoms with Crippen molar-refractivity contribution in [2.45, 2.75) is 32.9 Å². The molecular weight excluding hydrogens is 368 g/mol. The minimum absolute atomic E-state index is 0.0526. The van der Waals surface area contributed by atoms with Crippen molar-refractivity contribution in [2.24, 2.45) is 0 Å². The molecule has 2 aromatic heterocycles. The first kappa shape index (κ1) is 19.0. The summed E-state index contributed by atoms with van der Waals surface area (Å²) >= 11 is 0. The van der Waals surface area contributed by atoms with Crippen LogP contribution in [0.4, 0.5) is 4.79 Å². The van der Waals surface area contributed by atoms with E-state index in [0.29, 0.717) is 13.1 Å². The highest BCUT2D eigenvalue weighted by Crippen LogP contribution is 2.23. The van der Waals surface area contributed by atoms with Crippen LogP contribution in [-0.2, 0) is 6.54 Å². The Morgan fingerprint density at radius 2 is 2.17 bits per heavy atom. The van der Waals surface area contributed by atoms with E-state index in [-0.39, 0.29) is 12.1 Å². The average Bonchev–Trinajstić information content (AvgIpc) is 3.46. The third kappa shape index (κ3) is 4.11. The molecule has 0 spiro atoms. The Balaban J connectivity index is 1.33. The van der Waals surface area contributed by atoms with Crippen molar-refractivity contribution in [3.63, 3.8) is 0 Å². The van der Waals surface area contributed by atoms with Gasteiger partial charge in [-0.05, 0) is 38.5 Å². The summed E-state index contributed by atoms with van der Waals surface area (Å²) in [6, 6.07) is 9.95. The summed E-state index contributed by atoms with van der Waals surface area (Å²) in [5, 5.41) is 11.9. The zero-order valence-corrected chi connectivity index (χ0v) is 17.0. The molecule has 0 aliphatic carbocycles. The molecule has 4 rings (SSSR count). The van der Waals surface area contributed by atoms with Crippen LogP contribution in [-0.4, -0.2) is 50.7 Å². The molecule has 0 bridgehead atoms. The molecule has 1 aliphatic heterocycles. The lowest BCUT2D eigenvalue weighted by molar-refractivity contribution is 0.206. The number of aromatic nitrogens is 4. The van der Waals surface area contributed by atoms with E-state index in [1.165, 1.54) is 0 Å². The highest BCUT2D eigenvalue weighted by Gasteiger charge is 2.28. The molecule has 1 fully saturated rings. The molecule has 1 saturated heterocycles. The zero-order valence-electron chi connectivity index (χ0n) is 17.0. The molecule has 8 nitrogen and oxygen atoms in total. The summed E-state index contributed by atoms with van der Waals surface area (Å²) in [6.07, 6.45) is 4.60. The van der Waals surface area contributed by atoms with Crippen LogP contribution in [0.5, 0.6) is 5.75 Å². The monoisotopic (exact) mass is 394 g/mol. The fourth-order valence-corrected chi connectivity index (χ4v) is 3.78. The van der Waals surface area contributed by atoms with Gasteiger partial charge in [-0.2, -0.15) is 10.2 Å². The molecule has 0 saturated carbocycles. The molecule has 3 aromatic rings. The number of methoxy groups -OCH3 is 1. The second-order valence-corrected chi connectivity index (χ2v) is 7.41. The smallest absolute Gasteiger partial charge is 0.317 e. The van der Waals surface area contributed by atoms with Crippen LogP contribution in [0.25, 0.3) is 5.69 Å². The van der Waals surface area contributed by atoms with Gasteiger partial charge in [0.25, 0.3) is 0 Å². The molecule has 1 aliphatic rings. The molecule has 1 N–H and O–H groups in total. The molecule has 152 valence electrons. The van der Waals surface area contributed by atoms with Crippen molar-refractivity contribution in [3.8, 4) is 11.4 Å². The van der Waals surface area contributed by atoms with Gasteiger partial charge in [0.2, 0.25) is 0 Å². The van der Waals surface area contributed by atoms with Gasteiger partial charge in [0.1, 0.15) is 5.75 Å². The van der Waals surface area contributed by atoms with Crippen molar-refractivity contribution >= 4 is 6.03 Å². The van der Waals surface area contributed by atoms with Gasteiger partial charge in [-0.3, -0.25) is 4.68 Å². The largest absolute Gasteiger partial charge is 0.497 e. The maximum Gasteiger partial charge on any atom is 0.317 e. The number of hydrogen-bond donors (Lipinski definition) is 1. The number of aryl methyl sites for hydroxylation is 2. The second kappa shape index (κ2) is 7.98. The van der Waals surface area contributed by atoms with E-state index in [2.05, 4.69) is 28.5 Å². The standard InChI is InChI=1S/C21H26N6O2/c1-15-9-16(2)27(24-15)19-7-8-25(14-19)21(28)22-11-17-12-23-26(13-17)18-5-4-6-20(10-18)29-3/h4-6,9-10,12-13,19H,7-8,11,14H2,1-3H3,(H,22,28). The molecule has 1 aromatic carbocycles. The molecule has 3 heterocycles. The number of urea groups is 1. The van der Waals surface area contributed by atoms with E-state index in [1.54, 1.807) is 18.0 Å². The molecule has 29 heavy (non-hydrogen) atoms. The number of hydrogen-bond acceptors (Lipinski definition) is 4. The molecule has 8 heteroatoms. The average molecular weight is 394 g/mol. The number of amides is 2. The Morgan fingerprint density at radius 3 is 2.93 bits per heavy atom. The first-order chi connectivity index (χ1) is 14.0. The first-order valence-electron chi connectivity index (χ1n) is 9.77. The lowest BCUT2D eigenvalue weighted by atomic mass is 10.2. The number of benzene rings is 1. The highest BCUT2D eigenvalue weighted by atomic mass is 16.5. The van der Waals surface area contributed by atoms with Gasteiger partial charge in [-0.15, -0.1) is 0 Å². The van der Waals surface area contributed by atoms with E-state index >= 15 is 0 Å². The number of carbonyl (C=O) groups is 1. The SMILES string of the molecule is COc1cccc(-n2cc(CNC(=O)N3CCC(n4nc(C)cc4C)C3)cn2)c1. The van der Waals surface area contributed by atoms with Gasteiger partial charge in [-0.1, -0.05) is 6.07 Å². The Kier molecular flexibility index (Phi) is 5.24. The summed E-state index contributed by atoms with van der Waals surface area (Å²) in [5.74, 6) is 0.777. The van der Waals surface area contributed by atoms with Crippen LogP contribution < -0.4 is 10.1 Å². The Hall–Kier alpha value is -3.29. The maximum atomic E-state index is 12.6. The predicted molar refractivity (Wildman–Crippen MR) is 109 cm³/mol. The number of ether oxygens (including phenoxy) is 1. The van der Waals surface area contributed by atoms with E-state index in [0.717, 1.165) is 41.4 Å². The Bertz CT molecular complexity index is 1010. The minimum Gasteiger partial charge on any atom is -0.497 e. The third-order valence-electron chi connectivity index (χ3n) is 5.24. The first-order valence-corrected chi connectivity index (χ1v) is 9.77. The summed E-state index contributed by atoms with van der Waals surface area (Å²) < 4.78 is 9.08. The van der Waals surface area contributed by atoms with Gasteiger partial charge in [0.15, 0.2) is 0 Å². The van der Waals surface area contributed by atoms with Crippen molar-refractivity contribution in [1.29, 1.82) is 0 Å². The molecule has 2 amide bonds. The number of carbonyl (C=O) groups excluding carboxylic acids is 1. The van der Waals surface area contributed by atoms with Crippen molar-refractivity contribution in [1.82, 2.24) is 29.8 Å². The van der Waals surface area contributed by atoms with E-state index in [4.69, 9.17) is 4.74 Å². The predicted octanol–water partition coefficient (Wildman–Crippen LogP) is 2.85. The molecular formula is C21H26N6O2. The van der Waals surface area contributed by atoms with Gasteiger partial charge in [-0.25, -0.2) is 9.48 Å². The van der Waals surface area contributed by atoms with Crippen LogP contribution in [0.1, 0.15) is 29.4 Å². The van der Waals surface area contributed by atoms with Crippen molar-refractivity contribution < 1.29 is 9.53 Å². The maximum absolute atomic E-state index is 12.6. The second-order valence-electron chi connectivity index (χ2n) is 7.41. The van der Waals surface area contributed by atoms with Gasteiger partial charge < -0.3 is 15.0 Å². The summed E-state index contributed by atoms with van der Waals surface area (Å²) in [6.45, 7) is 5.90. The van der Waals surface area contributed by atoms with Crippen LogP contribution in [0.3, 0.4) is 0 Å². The van der Waals surface area contributed by atoms with Crippen LogP contribution in [0, 0.1) is 13.8 Å². The number of likely N-dealkylation sites (tertiary alicyclic amines) is 1. The van der Waals surface area contributed by atoms with E-state index in [1.807, 2.05) is 47.0 Å². The van der Waals surface area contributed by atoms with Gasteiger partial charge in [0.05, 0.1) is 30.7 Å². The fourth-order valence-electron chi connectivity index (χ4n) is 3.78. The lowest BCUT2D eigenvalue weighted by Crippen LogP contribution is -2.38. The minimum atomic E-state index is -0.0526. The quantitative estimate of drug-likeness (QED) is 0.722. The fraction of sp³-hybridized carbons (Fsp3) is 0.381. The van der Waals surface area contributed by atoms with Crippen LogP contribution in [0.15, 0.2) is 42.7 Å². The summed E-state index contributed by atoms with van der Waals surface area (Å²) in [4.78, 5) is 14.4.